The fourth-order valence-electron chi connectivity index (χ4n) is 1.53. The molecule has 0 aliphatic heterocycles. The molecule has 0 saturated carbocycles. The summed E-state index contributed by atoms with van der Waals surface area (Å²) in [5, 5.41) is 0.415. The maximum Gasteiger partial charge on any atom is 0.429 e. The summed E-state index contributed by atoms with van der Waals surface area (Å²) in [4.78, 5) is 23.3. The van der Waals surface area contributed by atoms with Crippen molar-refractivity contribution in [1.82, 2.24) is 4.57 Å². The van der Waals surface area contributed by atoms with Gasteiger partial charge in [0.1, 0.15) is 5.52 Å². The summed E-state index contributed by atoms with van der Waals surface area (Å²) < 4.78 is 10.8. The number of hydrogen-bond donors (Lipinski definition) is 0. The summed E-state index contributed by atoms with van der Waals surface area (Å²) in [5.41, 5.74) is 0.617. The van der Waals surface area contributed by atoms with Gasteiger partial charge in [-0.25, -0.2) is 9.59 Å². The third-order valence-corrected chi connectivity index (χ3v) is 2.68. The maximum atomic E-state index is 11.8. The number of unbranched alkanes of at least 4 members (excludes halogenated alkanes) is 1. The van der Waals surface area contributed by atoms with E-state index in [1.54, 1.807) is 6.07 Å². The quantitative estimate of drug-likeness (QED) is 0.804. The van der Waals surface area contributed by atoms with Crippen molar-refractivity contribution in [1.29, 1.82) is 0 Å². The molecule has 0 saturated heterocycles. The van der Waals surface area contributed by atoms with Crippen molar-refractivity contribution in [2.45, 2.75) is 19.8 Å². The molecule has 1 aromatic carbocycles. The third-order valence-electron chi connectivity index (χ3n) is 2.45. The lowest BCUT2D eigenvalue weighted by Crippen LogP contribution is -2.24. The van der Waals surface area contributed by atoms with Crippen LogP contribution in [-0.2, 0) is 4.74 Å². The van der Waals surface area contributed by atoms with E-state index in [0.29, 0.717) is 16.1 Å². The molecule has 0 amide bonds. The summed E-state index contributed by atoms with van der Waals surface area (Å²) in [6.45, 7) is 2.25. The molecular formula is C12H12ClNO4. The van der Waals surface area contributed by atoms with Gasteiger partial charge in [-0.3, -0.25) is 0 Å². The van der Waals surface area contributed by atoms with E-state index in [2.05, 4.69) is 0 Å². The van der Waals surface area contributed by atoms with Crippen LogP contribution in [-0.4, -0.2) is 17.3 Å². The fraction of sp³-hybridized carbons (Fsp3) is 0.333. The zero-order valence-electron chi connectivity index (χ0n) is 9.81. The van der Waals surface area contributed by atoms with Crippen LogP contribution in [0.3, 0.4) is 0 Å². The van der Waals surface area contributed by atoms with Crippen molar-refractivity contribution in [2.24, 2.45) is 0 Å². The molecule has 0 aliphatic rings. The first-order valence-corrected chi connectivity index (χ1v) is 5.99. The number of nitrogens with zero attached hydrogens (tertiary/aromatic N) is 1. The predicted molar refractivity (Wildman–Crippen MR) is 67.1 cm³/mol. The molecule has 6 heteroatoms. The first-order valence-electron chi connectivity index (χ1n) is 5.61. The van der Waals surface area contributed by atoms with Crippen LogP contribution < -0.4 is 5.76 Å². The third kappa shape index (κ3) is 2.41. The minimum absolute atomic E-state index is 0.273. The molecule has 5 nitrogen and oxygen atoms in total. The summed E-state index contributed by atoms with van der Waals surface area (Å²) in [6.07, 6.45) is 0.909. The molecule has 0 aliphatic carbocycles. The number of carbonyl (C=O) groups excluding carboxylic acids is 1. The second-order valence-electron chi connectivity index (χ2n) is 3.78. The van der Waals surface area contributed by atoms with Crippen molar-refractivity contribution in [3.8, 4) is 0 Å². The van der Waals surface area contributed by atoms with E-state index in [0.717, 1.165) is 17.4 Å². The van der Waals surface area contributed by atoms with Crippen LogP contribution in [0.5, 0.6) is 0 Å². The summed E-state index contributed by atoms with van der Waals surface area (Å²) >= 11 is 5.82. The van der Waals surface area contributed by atoms with Gasteiger partial charge in [0, 0.05) is 5.02 Å². The molecule has 2 aromatic rings. The standard InChI is InChI=1S/C12H12ClNO4/c1-2-3-6-17-11(15)14-9-7-8(13)4-5-10(9)18-12(14)16/h4-5,7H,2-3,6H2,1H3. The van der Waals surface area contributed by atoms with Gasteiger partial charge in [-0.1, -0.05) is 24.9 Å². The molecule has 1 aromatic heterocycles. The Morgan fingerprint density at radius 3 is 3.00 bits per heavy atom. The number of rotatable bonds is 3. The Hall–Kier alpha value is -1.75. The molecule has 0 atom stereocenters. The van der Waals surface area contributed by atoms with Gasteiger partial charge in [-0.15, -0.1) is 0 Å². The van der Waals surface area contributed by atoms with Gasteiger partial charge in [0.15, 0.2) is 5.58 Å². The van der Waals surface area contributed by atoms with Gasteiger partial charge in [0.2, 0.25) is 0 Å². The molecular weight excluding hydrogens is 258 g/mol. The van der Waals surface area contributed by atoms with Gasteiger partial charge in [-0.05, 0) is 24.6 Å². The molecule has 18 heavy (non-hydrogen) atoms. The number of benzene rings is 1. The van der Waals surface area contributed by atoms with Crippen LogP contribution >= 0.6 is 11.6 Å². The molecule has 2 rings (SSSR count). The number of aromatic nitrogens is 1. The van der Waals surface area contributed by atoms with Gasteiger partial charge in [0.25, 0.3) is 0 Å². The van der Waals surface area contributed by atoms with Crippen LogP contribution in [0.1, 0.15) is 19.8 Å². The highest BCUT2D eigenvalue weighted by atomic mass is 35.5. The molecule has 0 radical (unpaired) electrons. The Labute approximate surface area is 108 Å². The molecule has 0 N–H and O–H groups in total. The number of oxazole rings is 1. The average molecular weight is 270 g/mol. The van der Waals surface area contributed by atoms with Gasteiger partial charge in [0.05, 0.1) is 6.61 Å². The van der Waals surface area contributed by atoms with E-state index in [1.165, 1.54) is 12.1 Å². The number of fused-ring (bicyclic) bond motifs is 1. The van der Waals surface area contributed by atoms with Crippen molar-refractivity contribution in [2.75, 3.05) is 6.61 Å². The van der Waals surface area contributed by atoms with Gasteiger partial charge in [-0.2, -0.15) is 4.57 Å². The minimum atomic E-state index is -0.770. The van der Waals surface area contributed by atoms with Gasteiger partial charge < -0.3 is 9.15 Å². The zero-order valence-corrected chi connectivity index (χ0v) is 10.6. The van der Waals surface area contributed by atoms with Crippen molar-refractivity contribution < 1.29 is 13.9 Å². The van der Waals surface area contributed by atoms with E-state index in [1.807, 2.05) is 6.92 Å². The molecule has 0 fully saturated rings. The second kappa shape index (κ2) is 5.27. The lowest BCUT2D eigenvalue weighted by Gasteiger charge is -2.03. The Bertz CT molecular complexity index is 629. The summed E-state index contributed by atoms with van der Waals surface area (Å²) in [5.74, 6) is -0.770. The SMILES string of the molecule is CCCCOC(=O)n1c(=O)oc2ccc(Cl)cc21. The fourth-order valence-corrected chi connectivity index (χ4v) is 1.70. The zero-order chi connectivity index (χ0) is 13.1. The number of carbonyl (C=O) groups is 1. The molecule has 1 heterocycles. The lowest BCUT2D eigenvalue weighted by molar-refractivity contribution is 0.145. The number of halogens is 1. The van der Waals surface area contributed by atoms with E-state index in [-0.39, 0.29) is 6.61 Å². The lowest BCUT2D eigenvalue weighted by atomic mass is 10.3. The van der Waals surface area contributed by atoms with Crippen LogP contribution in [0.4, 0.5) is 4.79 Å². The number of ether oxygens (including phenoxy) is 1. The Morgan fingerprint density at radius 1 is 1.50 bits per heavy atom. The topological polar surface area (TPSA) is 61.4 Å². The first kappa shape index (κ1) is 12.7. The first-order chi connectivity index (χ1) is 8.63. The van der Waals surface area contributed by atoms with E-state index in [9.17, 15) is 9.59 Å². The number of hydrogen-bond acceptors (Lipinski definition) is 4. The minimum Gasteiger partial charge on any atom is -0.449 e. The van der Waals surface area contributed by atoms with Gasteiger partial charge >= 0.3 is 11.8 Å². The van der Waals surface area contributed by atoms with Crippen LogP contribution in [0.15, 0.2) is 27.4 Å². The van der Waals surface area contributed by atoms with Crippen molar-refractivity contribution in [3.63, 3.8) is 0 Å². The van der Waals surface area contributed by atoms with E-state index < -0.39 is 11.8 Å². The highest BCUT2D eigenvalue weighted by molar-refractivity contribution is 6.31. The maximum absolute atomic E-state index is 11.8. The second-order valence-corrected chi connectivity index (χ2v) is 4.22. The van der Waals surface area contributed by atoms with Crippen LogP contribution in [0.25, 0.3) is 11.1 Å². The normalized spacial score (nSPS) is 10.8. The molecule has 0 unspecified atom stereocenters. The summed E-state index contributed by atoms with van der Waals surface area (Å²) in [6, 6.07) is 4.61. The smallest absolute Gasteiger partial charge is 0.429 e. The average Bonchev–Trinajstić information content (AvgIpc) is 2.64. The Kier molecular flexibility index (Phi) is 3.72. The molecule has 0 bridgehead atoms. The van der Waals surface area contributed by atoms with Crippen molar-refractivity contribution in [3.05, 3.63) is 33.8 Å². The highest BCUT2D eigenvalue weighted by Gasteiger charge is 2.17. The molecule has 0 spiro atoms. The predicted octanol–water partition coefficient (Wildman–Crippen LogP) is 3.03. The van der Waals surface area contributed by atoms with Crippen molar-refractivity contribution >= 4 is 28.8 Å². The summed E-state index contributed by atoms with van der Waals surface area (Å²) in [7, 11) is 0. The Balaban J connectivity index is 2.37. The largest absolute Gasteiger partial charge is 0.449 e. The van der Waals surface area contributed by atoms with Crippen LogP contribution in [0.2, 0.25) is 5.02 Å². The van der Waals surface area contributed by atoms with E-state index >= 15 is 0 Å². The Morgan fingerprint density at radius 2 is 2.28 bits per heavy atom. The highest BCUT2D eigenvalue weighted by Crippen LogP contribution is 2.18. The monoisotopic (exact) mass is 269 g/mol. The van der Waals surface area contributed by atoms with Crippen LogP contribution in [0, 0.1) is 0 Å². The molecule has 96 valence electrons. The van der Waals surface area contributed by atoms with E-state index in [4.69, 9.17) is 20.8 Å².